The van der Waals surface area contributed by atoms with Gasteiger partial charge in [0.05, 0.1) is 11.8 Å². The lowest BCUT2D eigenvalue weighted by Crippen LogP contribution is -2.39. The standard InChI is InChI=1S/C19H27FN4O2/c1-5-16-15(17(6-2)26-24-16)11-22-19(21-3)23-12-18(25-4)13-7-9-14(20)10-8-13/h7-10,18H,5-6,11-12H2,1-4H3,(H2,21,22,23). The van der Waals surface area contributed by atoms with Gasteiger partial charge in [-0.3, -0.25) is 4.99 Å². The summed E-state index contributed by atoms with van der Waals surface area (Å²) in [5.74, 6) is 1.28. The van der Waals surface area contributed by atoms with E-state index < -0.39 is 0 Å². The minimum Gasteiger partial charge on any atom is -0.375 e. The van der Waals surface area contributed by atoms with E-state index in [1.165, 1.54) is 12.1 Å². The smallest absolute Gasteiger partial charge is 0.191 e. The Morgan fingerprint density at radius 1 is 1.23 bits per heavy atom. The van der Waals surface area contributed by atoms with Crippen LogP contribution in [0.2, 0.25) is 0 Å². The third-order valence-electron chi connectivity index (χ3n) is 4.24. The molecule has 0 aliphatic heterocycles. The molecule has 1 unspecified atom stereocenters. The van der Waals surface area contributed by atoms with Gasteiger partial charge in [-0.2, -0.15) is 0 Å². The highest BCUT2D eigenvalue weighted by Gasteiger charge is 2.15. The van der Waals surface area contributed by atoms with Crippen molar-refractivity contribution in [1.29, 1.82) is 0 Å². The molecular formula is C19H27FN4O2. The van der Waals surface area contributed by atoms with Crippen LogP contribution in [-0.4, -0.2) is 31.8 Å². The van der Waals surface area contributed by atoms with Crippen molar-refractivity contribution < 1.29 is 13.7 Å². The fourth-order valence-corrected chi connectivity index (χ4v) is 2.73. The van der Waals surface area contributed by atoms with Crippen molar-refractivity contribution in [1.82, 2.24) is 15.8 Å². The first-order chi connectivity index (χ1) is 12.6. The van der Waals surface area contributed by atoms with Crippen molar-refractivity contribution >= 4 is 5.96 Å². The second-order valence-electron chi connectivity index (χ2n) is 5.82. The quantitative estimate of drug-likeness (QED) is 0.558. The molecule has 1 aromatic heterocycles. The van der Waals surface area contributed by atoms with E-state index in [-0.39, 0.29) is 11.9 Å². The van der Waals surface area contributed by atoms with E-state index in [4.69, 9.17) is 9.26 Å². The monoisotopic (exact) mass is 362 g/mol. The van der Waals surface area contributed by atoms with Crippen molar-refractivity contribution in [3.05, 3.63) is 52.7 Å². The zero-order valence-electron chi connectivity index (χ0n) is 15.8. The molecule has 0 saturated heterocycles. The average molecular weight is 362 g/mol. The SMILES string of the molecule is CCc1noc(CC)c1CNC(=NC)NCC(OC)c1ccc(F)cc1. The molecular weight excluding hydrogens is 335 g/mol. The van der Waals surface area contributed by atoms with Gasteiger partial charge in [0.1, 0.15) is 11.6 Å². The summed E-state index contributed by atoms with van der Waals surface area (Å²) < 4.78 is 24.0. The fraction of sp³-hybridized carbons (Fsp3) is 0.474. The van der Waals surface area contributed by atoms with Crippen molar-refractivity contribution in [2.24, 2.45) is 4.99 Å². The molecule has 0 fully saturated rings. The molecule has 0 spiro atoms. The second-order valence-corrected chi connectivity index (χ2v) is 5.82. The predicted molar refractivity (Wildman–Crippen MR) is 99.6 cm³/mol. The van der Waals surface area contributed by atoms with Gasteiger partial charge < -0.3 is 19.9 Å². The zero-order valence-corrected chi connectivity index (χ0v) is 15.8. The van der Waals surface area contributed by atoms with Crippen LogP contribution in [0.15, 0.2) is 33.8 Å². The maximum Gasteiger partial charge on any atom is 0.191 e. The molecule has 7 heteroatoms. The van der Waals surface area contributed by atoms with Crippen LogP contribution in [0, 0.1) is 5.82 Å². The lowest BCUT2D eigenvalue weighted by molar-refractivity contribution is 0.106. The molecule has 1 atom stereocenters. The molecule has 0 aliphatic carbocycles. The minimum absolute atomic E-state index is 0.206. The van der Waals surface area contributed by atoms with Crippen molar-refractivity contribution in [2.75, 3.05) is 20.7 Å². The van der Waals surface area contributed by atoms with E-state index >= 15 is 0 Å². The van der Waals surface area contributed by atoms with Gasteiger partial charge in [-0.25, -0.2) is 4.39 Å². The van der Waals surface area contributed by atoms with Crippen LogP contribution in [-0.2, 0) is 24.1 Å². The van der Waals surface area contributed by atoms with Crippen LogP contribution in [0.4, 0.5) is 4.39 Å². The highest BCUT2D eigenvalue weighted by molar-refractivity contribution is 5.79. The van der Waals surface area contributed by atoms with E-state index in [0.717, 1.165) is 35.4 Å². The van der Waals surface area contributed by atoms with Crippen LogP contribution in [0.25, 0.3) is 0 Å². The Morgan fingerprint density at radius 3 is 2.54 bits per heavy atom. The number of aliphatic imine (C=N–C) groups is 1. The topological polar surface area (TPSA) is 71.7 Å². The summed E-state index contributed by atoms with van der Waals surface area (Å²) in [5, 5.41) is 10.6. The summed E-state index contributed by atoms with van der Waals surface area (Å²) in [4.78, 5) is 4.24. The van der Waals surface area contributed by atoms with Gasteiger partial charge in [0.15, 0.2) is 5.96 Å². The van der Waals surface area contributed by atoms with Crippen molar-refractivity contribution in [3.8, 4) is 0 Å². The summed E-state index contributed by atoms with van der Waals surface area (Å²) in [7, 11) is 3.34. The first-order valence-corrected chi connectivity index (χ1v) is 8.81. The zero-order chi connectivity index (χ0) is 18.9. The molecule has 26 heavy (non-hydrogen) atoms. The van der Waals surface area contributed by atoms with Gasteiger partial charge in [0.25, 0.3) is 0 Å². The molecule has 1 aromatic carbocycles. The maximum atomic E-state index is 13.1. The number of hydrogen-bond acceptors (Lipinski definition) is 4. The van der Waals surface area contributed by atoms with Gasteiger partial charge in [-0.15, -0.1) is 0 Å². The highest BCUT2D eigenvalue weighted by atomic mass is 19.1. The highest BCUT2D eigenvalue weighted by Crippen LogP contribution is 2.17. The summed E-state index contributed by atoms with van der Waals surface area (Å²) in [6.07, 6.45) is 1.41. The Kier molecular flexibility index (Phi) is 7.59. The Labute approximate surface area is 153 Å². The number of ether oxygens (including phenoxy) is 1. The van der Waals surface area contributed by atoms with Gasteiger partial charge in [-0.1, -0.05) is 31.1 Å². The normalized spacial score (nSPS) is 12.9. The lowest BCUT2D eigenvalue weighted by Gasteiger charge is -2.19. The minimum atomic E-state index is -0.263. The number of halogens is 1. The molecule has 0 amide bonds. The Hall–Kier alpha value is -2.41. The first kappa shape index (κ1) is 19.9. The molecule has 0 radical (unpaired) electrons. The Bertz CT molecular complexity index is 691. The van der Waals surface area contributed by atoms with E-state index in [0.29, 0.717) is 19.0 Å². The number of rotatable bonds is 8. The average Bonchev–Trinajstić information content (AvgIpc) is 3.07. The third kappa shape index (κ3) is 5.05. The van der Waals surface area contributed by atoms with E-state index in [1.807, 2.05) is 6.92 Å². The molecule has 0 bridgehead atoms. The summed E-state index contributed by atoms with van der Waals surface area (Å²) in [5.41, 5.74) is 2.95. The van der Waals surface area contributed by atoms with Crippen molar-refractivity contribution in [3.63, 3.8) is 0 Å². The third-order valence-corrected chi connectivity index (χ3v) is 4.24. The van der Waals surface area contributed by atoms with E-state index in [1.54, 1.807) is 26.3 Å². The van der Waals surface area contributed by atoms with Crippen LogP contribution in [0.5, 0.6) is 0 Å². The van der Waals surface area contributed by atoms with Crippen LogP contribution in [0.3, 0.4) is 0 Å². The number of nitrogens with zero attached hydrogens (tertiary/aromatic N) is 2. The Balaban J connectivity index is 1.95. The van der Waals surface area contributed by atoms with E-state index in [9.17, 15) is 4.39 Å². The Morgan fingerprint density at radius 2 is 1.96 bits per heavy atom. The summed E-state index contributed by atoms with van der Waals surface area (Å²) in [6, 6.07) is 6.30. The fourth-order valence-electron chi connectivity index (χ4n) is 2.73. The van der Waals surface area contributed by atoms with Crippen LogP contribution >= 0.6 is 0 Å². The predicted octanol–water partition coefficient (Wildman–Crippen LogP) is 2.99. The molecule has 142 valence electrons. The largest absolute Gasteiger partial charge is 0.375 e. The molecule has 1 heterocycles. The number of methoxy groups -OCH3 is 1. The molecule has 6 nitrogen and oxygen atoms in total. The molecule has 0 saturated carbocycles. The van der Waals surface area contributed by atoms with Gasteiger partial charge in [0, 0.05) is 39.2 Å². The number of benzene rings is 1. The first-order valence-electron chi connectivity index (χ1n) is 8.81. The number of guanidine groups is 1. The molecule has 2 aromatic rings. The van der Waals surface area contributed by atoms with E-state index in [2.05, 4.69) is 27.7 Å². The van der Waals surface area contributed by atoms with Gasteiger partial charge in [-0.05, 0) is 24.1 Å². The maximum absolute atomic E-state index is 13.1. The van der Waals surface area contributed by atoms with Crippen LogP contribution in [0.1, 0.15) is 42.5 Å². The number of nitrogens with one attached hydrogen (secondary N) is 2. The van der Waals surface area contributed by atoms with Crippen LogP contribution < -0.4 is 10.6 Å². The number of hydrogen-bond donors (Lipinski definition) is 2. The molecule has 0 aliphatic rings. The molecule has 2 N–H and O–H groups in total. The number of aromatic nitrogens is 1. The van der Waals surface area contributed by atoms with Gasteiger partial charge in [0.2, 0.25) is 0 Å². The molecule has 2 rings (SSSR count). The second kappa shape index (κ2) is 9.91. The van der Waals surface area contributed by atoms with Gasteiger partial charge >= 0.3 is 0 Å². The number of aryl methyl sites for hydroxylation is 2. The summed E-state index contributed by atoms with van der Waals surface area (Å²) >= 11 is 0. The van der Waals surface area contributed by atoms with Crippen molar-refractivity contribution in [2.45, 2.75) is 39.3 Å². The summed E-state index contributed by atoms with van der Waals surface area (Å²) in [6.45, 7) is 5.19. The lowest BCUT2D eigenvalue weighted by atomic mass is 10.1.